The van der Waals surface area contributed by atoms with Gasteiger partial charge < -0.3 is 23.7 Å². The predicted molar refractivity (Wildman–Crippen MR) is 109 cm³/mol. The molecule has 7 heteroatoms. The highest BCUT2D eigenvalue weighted by Crippen LogP contribution is 2.24. The molecule has 154 valence electrons. The molecular weight excluding hydrogens is 357 g/mol. The van der Waals surface area contributed by atoms with Gasteiger partial charge in [-0.15, -0.1) is 0 Å². The van der Waals surface area contributed by atoms with Crippen LogP contribution in [0.3, 0.4) is 0 Å². The summed E-state index contributed by atoms with van der Waals surface area (Å²) in [7, 11) is -0.422. The number of hydrogen-bond acceptors (Lipinski definition) is 5. The van der Waals surface area contributed by atoms with Crippen molar-refractivity contribution in [2.75, 3.05) is 26.3 Å². The molecule has 0 bridgehead atoms. The van der Waals surface area contributed by atoms with Crippen LogP contribution in [-0.4, -0.2) is 56.1 Å². The van der Waals surface area contributed by atoms with E-state index in [-0.39, 0.29) is 17.6 Å². The average Bonchev–Trinajstić information content (AvgIpc) is 2.61. The Kier molecular flexibility index (Phi) is 6.25. The molecular formula is C21H32BNO5. The molecule has 0 radical (unpaired) electrons. The highest BCUT2D eigenvalue weighted by Gasteiger charge is 2.36. The molecule has 1 aromatic rings. The lowest BCUT2D eigenvalue weighted by atomic mass is 9.75. The van der Waals surface area contributed by atoms with Crippen LogP contribution in [0.15, 0.2) is 24.3 Å². The van der Waals surface area contributed by atoms with E-state index < -0.39 is 12.7 Å². The van der Waals surface area contributed by atoms with Gasteiger partial charge in [-0.2, -0.15) is 0 Å². The number of carbonyl (C=O) groups is 1. The molecule has 1 atom stereocenters. The van der Waals surface area contributed by atoms with Crippen molar-refractivity contribution in [1.29, 1.82) is 0 Å². The topological polar surface area (TPSA) is 57.2 Å². The summed E-state index contributed by atoms with van der Waals surface area (Å²) in [5.74, 6) is 0.753. The maximum Gasteiger partial charge on any atom is 0.497 e. The third-order valence-electron chi connectivity index (χ3n) is 4.75. The molecule has 2 heterocycles. The van der Waals surface area contributed by atoms with Crippen molar-refractivity contribution in [3.63, 3.8) is 0 Å². The standard InChI is InChI=1S/C21H32BNO5/c1-20(2,3)28-19(24)23-12-8-9-16(13-23)27-18-11-7-6-10-17(18)22-25-14-21(4,5)15-26-22/h6-7,10-11,16H,8-9,12-15H2,1-5H3. The lowest BCUT2D eigenvalue weighted by Gasteiger charge is -2.35. The summed E-state index contributed by atoms with van der Waals surface area (Å²) in [5.41, 5.74) is 0.414. The molecule has 6 nitrogen and oxygen atoms in total. The van der Waals surface area contributed by atoms with Gasteiger partial charge in [-0.05, 0) is 39.7 Å². The van der Waals surface area contributed by atoms with Gasteiger partial charge in [0.15, 0.2) is 0 Å². The van der Waals surface area contributed by atoms with E-state index >= 15 is 0 Å². The van der Waals surface area contributed by atoms with E-state index in [0.717, 1.165) is 24.1 Å². The van der Waals surface area contributed by atoms with Crippen LogP contribution >= 0.6 is 0 Å². The molecule has 0 aromatic heterocycles. The van der Waals surface area contributed by atoms with Crippen molar-refractivity contribution in [3.8, 4) is 5.75 Å². The third-order valence-corrected chi connectivity index (χ3v) is 4.75. The van der Waals surface area contributed by atoms with Crippen molar-refractivity contribution in [1.82, 2.24) is 4.90 Å². The quantitative estimate of drug-likeness (QED) is 0.743. The number of amides is 1. The second-order valence-electron chi connectivity index (χ2n) is 9.46. The highest BCUT2D eigenvalue weighted by molar-refractivity contribution is 6.62. The van der Waals surface area contributed by atoms with Crippen LogP contribution in [0.5, 0.6) is 5.75 Å². The first-order valence-corrected chi connectivity index (χ1v) is 10.1. The maximum atomic E-state index is 12.4. The van der Waals surface area contributed by atoms with Gasteiger partial charge in [0.1, 0.15) is 17.5 Å². The molecule has 1 aromatic carbocycles. The molecule has 0 saturated carbocycles. The normalized spacial score (nSPS) is 22.7. The summed E-state index contributed by atoms with van der Waals surface area (Å²) < 4.78 is 23.7. The zero-order valence-electron chi connectivity index (χ0n) is 17.7. The summed E-state index contributed by atoms with van der Waals surface area (Å²) in [6.07, 6.45) is 1.42. The number of rotatable bonds is 3. The Hall–Kier alpha value is -1.73. The SMILES string of the molecule is CC1(C)COB(c2ccccc2OC2CCCN(C(=O)OC(C)(C)C)C2)OC1. The third kappa shape index (κ3) is 5.64. The summed E-state index contributed by atoms with van der Waals surface area (Å²) in [4.78, 5) is 14.1. The summed E-state index contributed by atoms with van der Waals surface area (Å²) in [5, 5.41) is 0. The van der Waals surface area contributed by atoms with E-state index in [1.165, 1.54) is 0 Å². The molecule has 0 spiro atoms. The summed E-state index contributed by atoms with van der Waals surface area (Å²) in [6, 6.07) is 7.82. The minimum absolute atomic E-state index is 0.0174. The molecule has 0 N–H and O–H groups in total. The molecule has 2 aliphatic rings. The summed E-state index contributed by atoms with van der Waals surface area (Å²) >= 11 is 0. The second kappa shape index (κ2) is 8.33. The molecule has 3 rings (SSSR count). The fraction of sp³-hybridized carbons (Fsp3) is 0.667. The fourth-order valence-electron chi connectivity index (χ4n) is 3.36. The largest absolute Gasteiger partial charge is 0.497 e. The summed E-state index contributed by atoms with van der Waals surface area (Å²) in [6.45, 7) is 12.4. The molecule has 1 unspecified atom stereocenters. The van der Waals surface area contributed by atoms with Gasteiger partial charge in [0, 0.05) is 30.6 Å². The highest BCUT2D eigenvalue weighted by atomic mass is 16.6. The molecule has 1 amide bonds. The first-order valence-electron chi connectivity index (χ1n) is 10.1. The Morgan fingerprint density at radius 2 is 1.89 bits per heavy atom. The number of ether oxygens (including phenoxy) is 2. The fourth-order valence-corrected chi connectivity index (χ4v) is 3.36. The first-order chi connectivity index (χ1) is 13.1. The number of hydrogen-bond donors (Lipinski definition) is 0. The van der Waals surface area contributed by atoms with E-state index in [4.69, 9.17) is 18.8 Å². The minimum Gasteiger partial charge on any atom is -0.489 e. The van der Waals surface area contributed by atoms with Gasteiger partial charge in [0.05, 0.1) is 6.54 Å². The molecule has 2 fully saturated rings. The van der Waals surface area contributed by atoms with Crippen LogP contribution < -0.4 is 10.2 Å². The maximum absolute atomic E-state index is 12.4. The number of likely N-dealkylation sites (tertiary alicyclic amines) is 1. The molecule has 2 saturated heterocycles. The monoisotopic (exact) mass is 389 g/mol. The number of para-hydroxylation sites is 1. The van der Waals surface area contributed by atoms with Gasteiger partial charge in [0.25, 0.3) is 0 Å². The Bertz CT molecular complexity index is 678. The Labute approximate surface area is 168 Å². The van der Waals surface area contributed by atoms with Crippen LogP contribution in [0, 0.1) is 5.41 Å². The number of carbonyl (C=O) groups excluding carboxylic acids is 1. The average molecular weight is 389 g/mol. The zero-order valence-corrected chi connectivity index (χ0v) is 17.7. The van der Waals surface area contributed by atoms with E-state index in [9.17, 15) is 4.79 Å². The number of piperidine rings is 1. The van der Waals surface area contributed by atoms with Crippen LogP contribution in [0.2, 0.25) is 0 Å². The smallest absolute Gasteiger partial charge is 0.489 e. The van der Waals surface area contributed by atoms with Crippen molar-refractivity contribution < 1.29 is 23.6 Å². The number of nitrogens with zero attached hydrogens (tertiary/aromatic N) is 1. The Morgan fingerprint density at radius 1 is 1.21 bits per heavy atom. The van der Waals surface area contributed by atoms with Gasteiger partial charge >= 0.3 is 13.2 Å². The van der Waals surface area contributed by atoms with Gasteiger partial charge in [0.2, 0.25) is 0 Å². The Balaban J connectivity index is 1.65. The van der Waals surface area contributed by atoms with E-state index in [0.29, 0.717) is 26.3 Å². The lowest BCUT2D eigenvalue weighted by molar-refractivity contribution is 0.00762. The van der Waals surface area contributed by atoms with Gasteiger partial charge in [-0.25, -0.2) is 4.79 Å². The minimum atomic E-state index is -0.499. The molecule has 28 heavy (non-hydrogen) atoms. The van der Waals surface area contributed by atoms with Crippen LogP contribution in [0.4, 0.5) is 4.79 Å². The van der Waals surface area contributed by atoms with Gasteiger partial charge in [-0.3, -0.25) is 0 Å². The van der Waals surface area contributed by atoms with E-state index in [1.54, 1.807) is 4.90 Å². The van der Waals surface area contributed by atoms with Crippen LogP contribution in [0.25, 0.3) is 0 Å². The van der Waals surface area contributed by atoms with Crippen molar-refractivity contribution >= 4 is 18.7 Å². The molecule has 2 aliphatic heterocycles. The predicted octanol–water partition coefficient (Wildman–Crippen LogP) is 3.23. The lowest BCUT2D eigenvalue weighted by Crippen LogP contribution is -2.49. The van der Waals surface area contributed by atoms with Gasteiger partial charge in [-0.1, -0.05) is 32.0 Å². The van der Waals surface area contributed by atoms with Crippen molar-refractivity contribution in [2.45, 2.75) is 59.2 Å². The second-order valence-corrected chi connectivity index (χ2v) is 9.46. The number of benzene rings is 1. The first kappa shape index (κ1) is 21.0. The van der Waals surface area contributed by atoms with E-state index in [2.05, 4.69) is 13.8 Å². The van der Waals surface area contributed by atoms with Crippen molar-refractivity contribution in [3.05, 3.63) is 24.3 Å². The molecule has 0 aliphatic carbocycles. The van der Waals surface area contributed by atoms with E-state index in [1.807, 2.05) is 45.0 Å². The van der Waals surface area contributed by atoms with Crippen LogP contribution in [-0.2, 0) is 14.0 Å². The van der Waals surface area contributed by atoms with Crippen LogP contribution in [0.1, 0.15) is 47.5 Å². The zero-order chi connectivity index (χ0) is 20.4. The van der Waals surface area contributed by atoms with Crippen molar-refractivity contribution in [2.24, 2.45) is 5.41 Å². The Morgan fingerprint density at radius 3 is 2.57 bits per heavy atom.